The van der Waals surface area contributed by atoms with Crippen LogP contribution in [0.3, 0.4) is 0 Å². The van der Waals surface area contributed by atoms with Gasteiger partial charge in [0, 0.05) is 6.54 Å². The van der Waals surface area contributed by atoms with E-state index < -0.39 is 11.1 Å². The molecule has 0 radical (unpaired) electrons. The molecule has 0 aliphatic carbocycles. The molecular weight excluding hydrogens is 162 g/mol. The molecule has 0 heterocycles. The second-order valence-corrected chi connectivity index (χ2v) is 2.96. The molecule has 3 nitrogen and oxygen atoms in total. The zero-order chi connectivity index (χ0) is 7.28. The van der Waals surface area contributed by atoms with Crippen LogP contribution in [-0.4, -0.2) is 25.6 Å². The van der Waals surface area contributed by atoms with Crippen molar-refractivity contribution in [1.82, 2.24) is 4.42 Å². The highest BCUT2D eigenvalue weighted by Crippen LogP contribution is 1.95. The third-order valence-electron chi connectivity index (χ3n) is 0.712. The highest BCUT2D eigenvalue weighted by atomic mass is 35.5. The van der Waals surface area contributed by atoms with Gasteiger partial charge in [-0.2, -0.15) is 0 Å². The first-order valence-corrected chi connectivity index (χ1v) is 4.21. The van der Waals surface area contributed by atoms with Crippen molar-refractivity contribution in [3.05, 3.63) is 0 Å². The van der Waals surface area contributed by atoms with E-state index in [4.69, 9.17) is 11.8 Å². The molecule has 0 aromatic carbocycles. The minimum Gasteiger partial charge on any atom is -0.771 e. The molecule has 0 N–H and O–H groups in total. The Kier molecular flexibility index (Phi) is 5.38. The summed E-state index contributed by atoms with van der Waals surface area (Å²) in [4.78, 5) is 0. The fourth-order valence-corrected chi connectivity index (χ4v) is 1.19. The molecule has 0 aromatic rings. The fourth-order valence-electron chi connectivity index (χ4n) is 0.422. The minimum atomic E-state index is -2.05. The molecule has 0 spiro atoms. The predicted molar refractivity (Wildman–Crippen MR) is 36.6 cm³/mol. The van der Waals surface area contributed by atoms with Crippen LogP contribution in [-0.2, 0) is 11.1 Å². The Morgan fingerprint density at radius 3 is 2.67 bits per heavy atom. The molecule has 0 bridgehead atoms. The summed E-state index contributed by atoms with van der Waals surface area (Å²) in [5.41, 5.74) is 0. The van der Waals surface area contributed by atoms with Gasteiger partial charge >= 0.3 is 0 Å². The Morgan fingerprint density at radius 2 is 2.33 bits per heavy atom. The summed E-state index contributed by atoms with van der Waals surface area (Å²) < 4.78 is 21.2. The Labute approximate surface area is 62.4 Å². The van der Waals surface area contributed by atoms with Crippen LogP contribution in [0.2, 0.25) is 0 Å². The molecule has 0 fully saturated rings. The van der Waals surface area contributed by atoms with Crippen LogP contribution in [0.4, 0.5) is 0 Å². The largest absolute Gasteiger partial charge is 0.771 e. The molecule has 0 rings (SSSR count). The van der Waals surface area contributed by atoms with E-state index >= 15 is 0 Å². The summed E-state index contributed by atoms with van der Waals surface area (Å²) in [6, 6.07) is 0. The van der Waals surface area contributed by atoms with E-state index in [2.05, 4.69) is 0 Å². The number of halogens is 1. The minimum absolute atomic E-state index is 0.0879. The summed E-state index contributed by atoms with van der Waals surface area (Å²) in [7, 11) is 0. The van der Waals surface area contributed by atoms with Gasteiger partial charge in [-0.25, -0.2) is 4.42 Å². The first kappa shape index (κ1) is 9.36. The third kappa shape index (κ3) is 6.24. The van der Waals surface area contributed by atoms with Gasteiger partial charge in [-0.15, -0.1) is 0 Å². The van der Waals surface area contributed by atoms with Gasteiger partial charge in [-0.05, 0) is 29.3 Å². The van der Waals surface area contributed by atoms with Crippen LogP contribution >= 0.6 is 11.8 Å². The molecule has 5 heteroatoms. The van der Waals surface area contributed by atoms with Crippen molar-refractivity contribution in [2.75, 3.05) is 12.4 Å². The lowest BCUT2D eigenvalue weighted by molar-refractivity contribution is 0.475. The lowest BCUT2D eigenvalue weighted by Crippen LogP contribution is -2.17. The van der Waals surface area contributed by atoms with Gasteiger partial charge in [0.15, 0.2) is 0 Å². The van der Waals surface area contributed by atoms with Crippen LogP contribution in [0.1, 0.15) is 13.3 Å². The molecule has 0 saturated heterocycles. The van der Waals surface area contributed by atoms with Crippen molar-refractivity contribution in [2.24, 2.45) is 0 Å². The van der Waals surface area contributed by atoms with E-state index in [1.54, 1.807) is 0 Å². The van der Waals surface area contributed by atoms with E-state index in [9.17, 15) is 8.76 Å². The second-order valence-electron chi connectivity index (χ2n) is 1.62. The topological polar surface area (TPSA) is 43.4 Å². The van der Waals surface area contributed by atoms with Gasteiger partial charge in [-0.1, -0.05) is 6.92 Å². The zero-order valence-corrected chi connectivity index (χ0v) is 6.74. The maximum Gasteiger partial charge on any atom is 0.0763 e. The van der Waals surface area contributed by atoms with Gasteiger partial charge < -0.3 is 4.55 Å². The summed E-state index contributed by atoms with van der Waals surface area (Å²) in [6.45, 7) is 2.54. The monoisotopic (exact) mass is 170 g/mol. The normalized spacial score (nSPS) is 14.2. The lowest BCUT2D eigenvalue weighted by atomic mass is 10.5. The Hall–Kier alpha value is 0.360. The summed E-state index contributed by atoms with van der Waals surface area (Å²) in [5.74, 6) is -0.0879. The summed E-state index contributed by atoms with van der Waals surface area (Å²) in [6.07, 6.45) is 0.862. The molecule has 9 heavy (non-hydrogen) atoms. The van der Waals surface area contributed by atoms with Crippen LogP contribution in [0.5, 0.6) is 0 Å². The molecule has 1 atom stereocenters. The molecule has 0 saturated carbocycles. The van der Waals surface area contributed by atoms with Gasteiger partial charge in [0.25, 0.3) is 0 Å². The maximum atomic E-state index is 9.96. The number of hydrogen-bond acceptors (Lipinski definition) is 3. The van der Waals surface area contributed by atoms with Crippen molar-refractivity contribution in [3.63, 3.8) is 0 Å². The van der Waals surface area contributed by atoms with Crippen LogP contribution in [0, 0.1) is 0 Å². The first-order valence-electron chi connectivity index (χ1n) is 2.63. The highest BCUT2D eigenvalue weighted by Gasteiger charge is 1.95. The molecule has 0 aromatic heterocycles. The molecule has 56 valence electrons. The van der Waals surface area contributed by atoms with Crippen molar-refractivity contribution in [1.29, 1.82) is 0 Å². The summed E-state index contributed by atoms with van der Waals surface area (Å²) >= 11 is 3.36. The van der Waals surface area contributed by atoms with Crippen LogP contribution in [0.15, 0.2) is 0 Å². The first-order chi connectivity index (χ1) is 4.16. The number of nitrogens with zero attached hydrogens (tertiary/aromatic N) is 1. The van der Waals surface area contributed by atoms with Gasteiger partial charge in [0.1, 0.15) is 0 Å². The van der Waals surface area contributed by atoms with Crippen LogP contribution < -0.4 is 0 Å². The zero-order valence-electron chi connectivity index (χ0n) is 5.17. The highest BCUT2D eigenvalue weighted by molar-refractivity contribution is 7.79. The molecular formula is C4H9ClNO2S-. The molecule has 0 aliphatic rings. The Balaban J connectivity index is 3.26. The van der Waals surface area contributed by atoms with Gasteiger partial charge in [0.2, 0.25) is 0 Å². The van der Waals surface area contributed by atoms with E-state index in [-0.39, 0.29) is 5.88 Å². The quantitative estimate of drug-likeness (QED) is 0.461. The van der Waals surface area contributed by atoms with E-state index in [0.29, 0.717) is 6.54 Å². The van der Waals surface area contributed by atoms with Crippen molar-refractivity contribution in [3.8, 4) is 0 Å². The average Bonchev–Trinajstić information content (AvgIpc) is 1.63. The molecule has 0 aliphatic heterocycles. The van der Waals surface area contributed by atoms with Crippen molar-refractivity contribution < 1.29 is 8.76 Å². The summed E-state index contributed by atoms with van der Waals surface area (Å²) in [5, 5.41) is 0. The van der Waals surface area contributed by atoms with Gasteiger partial charge in [-0.3, -0.25) is 4.21 Å². The lowest BCUT2D eigenvalue weighted by Gasteiger charge is -2.13. The maximum absolute atomic E-state index is 9.96. The Morgan fingerprint density at radius 1 is 1.78 bits per heavy atom. The standard InChI is InChI=1S/C4H10ClNO2S/c1-2-3-6(5)4-9(7)8/h2-4H2,1H3,(H,7,8)/p-1. The van der Waals surface area contributed by atoms with E-state index in [1.807, 2.05) is 6.92 Å². The smallest absolute Gasteiger partial charge is 0.0763 e. The Bertz CT molecular complexity index is 101. The van der Waals surface area contributed by atoms with Crippen LogP contribution in [0.25, 0.3) is 0 Å². The fraction of sp³-hybridized carbons (Fsp3) is 1.00. The third-order valence-corrected chi connectivity index (χ3v) is 1.66. The molecule has 0 amide bonds. The number of rotatable bonds is 4. The predicted octanol–water partition coefficient (Wildman–Crippen LogP) is 0.689. The van der Waals surface area contributed by atoms with E-state index in [1.165, 1.54) is 4.42 Å². The van der Waals surface area contributed by atoms with Crippen molar-refractivity contribution in [2.45, 2.75) is 13.3 Å². The van der Waals surface area contributed by atoms with Gasteiger partial charge in [0.05, 0.1) is 5.88 Å². The second kappa shape index (κ2) is 5.17. The van der Waals surface area contributed by atoms with E-state index in [0.717, 1.165) is 6.42 Å². The van der Waals surface area contributed by atoms with Crippen molar-refractivity contribution >= 4 is 22.9 Å². The molecule has 1 unspecified atom stereocenters. The average molecular weight is 171 g/mol. The SMILES string of the molecule is CCCN(Cl)CS(=O)[O-]. The number of hydrogen-bond donors (Lipinski definition) is 0.